The van der Waals surface area contributed by atoms with Gasteiger partial charge in [-0.2, -0.15) is 5.10 Å². The number of methoxy groups -OCH3 is 1. The van der Waals surface area contributed by atoms with Gasteiger partial charge in [-0.3, -0.25) is 9.59 Å². The van der Waals surface area contributed by atoms with E-state index < -0.39 is 5.97 Å². The first-order valence-electron chi connectivity index (χ1n) is 6.18. The number of aromatic nitrogens is 2. The van der Waals surface area contributed by atoms with Gasteiger partial charge in [0.15, 0.2) is 0 Å². The molecule has 0 amide bonds. The van der Waals surface area contributed by atoms with Gasteiger partial charge < -0.3 is 10.1 Å². The summed E-state index contributed by atoms with van der Waals surface area (Å²) < 4.78 is 5.97. The van der Waals surface area contributed by atoms with Crippen molar-refractivity contribution in [3.05, 3.63) is 21.0 Å². The monoisotopic (exact) mass is 329 g/mol. The highest BCUT2D eigenvalue weighted by molar-refractivity contribution is 9.10. The molecule has 1 saturated carbocycles. The number of carbonyl (C=O) groups excluding carboxylic acids is 1. The normalized spacial score (nSPS) is 14.2. The maximum absolute atomic E-state index is 12.0. The van der Waals surface area contributed by atoms with Crippen molar-refractivity contribution in [1.82, 2.24) is 9.78 Å². The zero-order valence-electron chi connectivity index (χ0n) is 10.7. The third kappa shape index (κ3) is 3.79. The molecule has 0 aromatic carbocycles. The van der Waals surface area contributed by atoms with Crippen LogP contribution >= 0.6 is 15.9 Å². The van der Waals surface area contributed by atoms with Crippen LogP contribution in [0.15, 0.2) is 15.5 Å². The Morgan fingerprint density at radius 3 is 3.00 bits per heavy atom. The lowest BCUT2D eigenvalue weighted by Crippen LogP contribution is -2.28. The molecular formula is C12H16BrN3O3. The summed E-state index contributed by atoms with van der Waals surface area (Å²) in [6, 6.07) is 0. The highest BCUT2D eigenvalue weighted by atomic mass is 79.9. The van der Waals surface area contributed by atoms with E-state index in [-0.39, 0.29) is 12.1 Å². The molecule has 1 fully saturated rings. The zero-order valence-corrected chi connectivity index (χ0v) is 12.3. The van der Waals surface area contributed by atoms with Crippen LogP contribution in [0.5, 0.6) is 0 Å². The smallest absolute Gasteiger partial charge is 0.327 e. The zero-order chi connectivity index (χ0) is 13.8. The summed E-state index contributed by atoms with van der Waals surface area (Å²) in [4.78, 5) is 23.1. The predicted molar refractivity (Wildman–Crippen MR) is 74.0 cm³/mol. The Morgan fingerprint density at radius 1 is 1.63 bits per heavy atom. The highest BCUT2D eigenvalue weighted by Gasteiger charge is 2.20. The molecular weight excluding hydrogens is 314 g/mol. The molecule has 0 aliphatic heterocycles. The van der Waals surface area contributed by atoms with E-state index in [9.17, 15) is 9.59 Å². The van der Waals surface area contributed by atoms with Gasteiger partial charge in [0.1, 0.15) is 11.0 Å². The predicted octanol–water partition coefficient (Wildman–Crippen LogP) is 1.39. The van der Waals surface area contributed by atoms with Gasteiger partial charge in [-0.25, -0.2) is 4.68 Å². The number of hydrogen-bond donors (Lipinski definition) is 1. The summed E-state index contributed by atoms with van der Waals surface area (Å²) >= 11 is 3.24. The van der Waals surface area contributed by atoms with Crippen molar-refractivity contribution in [3.8, 4) is 0 Å². The van der Waals surface area contributed by atoms with Gasteiger partial charge in [-0.1, -0.05) is 12.8 Å². The Hall–Kier alpha value is -1.37. The van der Waals surface area contributed by atoms with E-state index in [1.165, 1.54) is 20.0 Å². The second-order valence-corrected chi connectivity index (χ2v) is 5.36. The first-order chi connectivity index (χ1) is 9.11. The number of halogens is 1. The Labute approximate surface area is 119 Å². The lowest BCUT2D eigenvalue weighted by Gasteiger charge is -2.09. The van der Waals surface area contributed by atoms with Crippen molar-refractivity contribution in [1.29, 1.82) is 0 Å². The van der Waals surface area contributed by atoms with Crippen LogP contribution in [-0.4, -0.2) is 29.4 Å². The van der Waals surface area contributed by atoms with Crippen LogP contribution in [-0.2, 0) is 16.1 Å². The largest absolute Gasteiger partial charge is 0.468 e. The third-order valence-electron chi connectivity index (χ3n) is 3.06. The Balaban J connectivity index is 2.02. The second-order valence-electron chi connectivity index (χ2n) is 4.57. The number of carbonyl (C=O) groups is 1. The molecule has 1 N–H and O–H groups in total. The third-order valence-corrected chi connectivity index (χ3v) is 3.82. The molecule has 6 nitrogen and oxygen atoms in total. The minimum atomic E-state index is -0.504. The first-order valence-corrected chi connectivity index (χ1v) is 6.97. The molecule has 1 aromatic rings. The van der Waals surface area contributed by atoms with Gasteiger partial charge in [-0.05, 0) is 28.3 Å². The maximum atomic E-state index is 12.0. The highest BCUT2D eigenvalue weighted by Crippen LogP contribution is 2.32. The fourth-order valence-corrected chi connectivity index (χ4v) is 2.15. The molecule has 0 atom stereocenters. The number of ether oxygens (including phenoxy) is 1. The van der Waals surface area contributed by atoms with Crippen LogP contribution in [0.2, 0.25) is 0 Å². The van der Waals surface area contributed by atoms with Crippen LogP contribution in [0.3, 0.4) is 0 Å². The summed E-state index contributed by atoms with van der Waals surface area (Å²) in [7, 11) is 1.27. The number of anilines is 1. The minimum absolute atomic E-state index is 0.184. The van der Waals surface area contributed by atoms with Gasteiger partial charge in [0.2, 0.25) is 0 Å². The van der Waals surface area contributed by atoms with E-state index >= 15 is 0 Å². The molecule has 0 unspecified atom stereocenters. The summed E-state index contributed by atoms with van der Waals surface area (Å²) in [6.07, 6.45) is 5.27. The van der Waals surface area contributed by atoms with Crippen LogP contribution in [0.25, 0.3) is 0 Å². The standard InChI is InChI=1S/C12H16BrN3O3/c1-19-10(17)7-16-12(18)11(13)9(6-15-16)14-5-4-8-2-3-8/h6,8,14H,2-5,7H2,1H3. The van der Waals surface area contributed by atoms with Crippen molar-refractivity contribution in [3.63, 3.8) is 0 Å². The minimum Gasteiger partial charge on any atom is -0.468 e. The van der Waals surface area contributed by atoms with E-state index in [1.54, 1.807) is 6.20 Å². The molecule has 19 heavy (non-hydrogen) atoms. The Morgan fingerprint density at radius 2 is 2.37 bits per heavy atom. The molecule has 104 valence electrons. The number of rotatable bonds is 6. The molecule has 7 heteroatoms. The van der Waals surface area contributed by atoms with Crippen molar-refractivity contribution >= 4 is 27.6 Å². The Kier molecular flexibility index (Phi) is 4.57. The van der Waals surface area contributed by atoms with Gasteiger partial charge >= 0.3 is 5.97 Å². The van der Waals surface area contributed by atoms with Crippen LogP contribution in [0.4, 0.5) is 5.69 Å². The van der Waals surface area contributed by atoms with Crippen LogP contribution < -0.4 is 10.9 Å². The van der Waals surface area contributed by atoms with Crippen molar-refractivity contribution in [2.75, 3.05) is 19.0 Å². The first kappa shape index (κ1) is 14.0. The molecule has 0 saturated heterocycles. The maximum Gasteiger partial charge on any atom is 0.327 e. The van der Waals surface area contributed by atoms with Crippen LogP contribution in [0, 0.1) is 5.92 Å². The van der Waals surface area contributed by atoms with Gasteiger partial charge in [-0.15, -0.1) is 0 Å². The van der Waals surface area contributed by atoms with E-state index in [0.29, 0.717) is 10.2 Å². The van der Waals surface area contributed by atoms with E-state index in [1.807, 2.05) is 0 Å². The number of nitrogens with zero attached hydrogens (tertiary/aromatic N) is 2. The number of hydrogen-bond acceptors (Lipinski definition) is 5. The van der Waals surface area contributed by atoms with Crippen LogP contribution in [0.1, 0.15) is 19.3 Å². The quantitative estimate of drug-likeness (QED) is 0.798. The van der Waals surface area contributed by atoms with E-state index in [0.717, 1.165) is 23.6 Å². The molecule has 0 spiro atoms. The average molecular weight is 330 g/mol. The van der Waals surface area contributed by atoms with Gasteiger partial charge in [0, 0.05) is 6.54 Å². The van der Waals surface area contributed by atoms with Gasteiger partial charge in [0.05, 0.1) is 19.0 Å². The van der Waals surface area contributed by atoms with Crippen molar-refractivity contribution in [2.24, 2.45) is 5.92 Å². The fourth-order valence-electron chi connectivity index (χ4n) is 1.71. The summed E-state index contributed by atoms with van der Waals surface area (Å²) in [5, 5.41) is 7.13. The fraction of sp³-hybridized carbons (Fsp3) is 0.583. The molecule has 2 rings (SSSR count). The SMILES string of the molecule is COC(=O)Cn1ncc(NCCC2CC2)c(Br)c1=O. The lowest BCUT2D eigenvalue weighted by molar-refractivity contribution is -0.141. The van der Waals surface area contributed by atoms with E-state index in [4.69, 9.17) is 0 Å². The topological polar surface area (TPSA) is 73.2 Å². The molecule has 1 aliphatic rings. The Bertz CT molecular complexity index is 525. The summed E-state index contributed by atoms with van der Waals surface area (Å²) in [6.45, 7) is 0.641. The number of esters is 1. The molecule has 1 heterocycles. The molecule has 1 aromatic heterocycles. The summed E-state index contributed by atoms with van der Waals surface area (Å²) in [5.41, 5.74) is 0.314. The second kappa shape index (κ2) is 6.18. The lowest BCUT2D eigenvalue weighted by atomic mass is 10.3. The molecule has 1 aliphatic carbocycles. The van der Waals surface area contributed by atoms with Crippen molar-refractivity contribution in [2.45, 2.75) is 25.8 Å². The molecule has 0 radical (unpaired) electrons. The number of nitrogens with one attached hydrogen (secondary N) is 1. The molecule has 0 bridgehead atoms. The van der Waals surface area contributed by atoms with Crippen molar-refractivity contribution < 1.29 is 9.53 Å². The summed E-state index contributed by atoms with van der Waals surface area (Å²) in [5.74, 6) is 0.329. The average Bonchev–Trinajstić information content (AvgIpc) is 3.21. The van der Waals surface area contributed by atoms with E-state index in [2.05, 4.69) is 31.1 Å². The van der Waals surface area contributed by atoms with Gasteiger partial charge in [0.25, 0.3) is 5.56 Å².